The van der Waals surface area contributed by atoms with Crippen LogP contribution in [-0.4, -0.2) is 30.4 Å². The molecule has 2 N–H and O–H groups in total. The molecule has 1 heterocycles. The lowest BCUT2D eigenvalue weighted by atomic mass is 9.91. The molecule has 0 atom stereocenters. The lowest BCUT2D eigenvalue weighted by Gasteiger charge is -2.24. The molecule has 9 heteroatoms. The summed E-state index contributed by atoms with van der Waals surface area (Å²) >= 11 is 0. The molecule has 6 nitrogen and oxygen atoms in total. The Kier molecular flexibility index (Phi) is 5.03. The first-order chi connectivity index (χ1) is 13.0. The highest BCUT2D eigenvalue weighted by atomic mass is 19.4. The number of aryl methyl sites for hydroxylation is 2. The Bertz CT molecular complexity index is 831. The van der Waals surface area contributed by atoms with Crippen molar-refractivity contribution in [3.05, 3.63) is 34.6 Å². The van der Waals surface area contributed by atoms with Gasteiger partial charge in [-0.15, -0.1) is 0 Å². The number of halogens is 3. The van der Waals surface area contributed by atoms with E-state index >= 15 is 0 Å². The smallest absolute Gasteiger partial charge is 0.422 e. The Balaban J connectivity index is 2.06. The molecule has 1 amide bonds. The number of nitrogens with two attached hydrogens (primary N) is 1. The molecule has 1 aromatic carbocycles. The minimum Gasteiger partial charge on any atom is -0.484 e. The van der Waals surface area contributed by atoms with Gasteiger partial charge in [0.2, 0.25) is 0 Å². The summed E-state index contributed by atoms with van der Waals surface area (Å²) in [6, 6.07) is 2.80. The van der Waals surface area contributed by atoms with Crippen molar-refractivity contribution in [3.63, 3.8) is 0 Å². The Morgan fingerprint density at radius 3 is 2.29 bits per heavy atom. The highest BCUT2D eigenvalue weighted by molar-refractivity contribution is 6.20. The van der Waals surface area contributed by atoms with E-state index in [0.29, 0.717) is 29.5 Å². The third-order valence-electron chi connectivity index (χ3n) is 4.91. The van der Waals surface area contributed by atoms with Crippen LogP contribution in [-0.2, 0) is 14.3 Å². The fraction of sp³-hybridized carbons (Fsp3) is 0.474. The number of esters is 1. The van der Waals surface area contributed by atoms with Crippen LogP contribution in [0.2, 0.25) is 0 Å². The van der Waals surface area contributed by atoms with E-state index in [0.717, 1.165) is 12.8 Å². The van der Waals surface area contributed by atoms with Gasteiger partial charge in [-0.1, -0.05) is 0 Å². The lowest BCUT2D eigenvalue weighted by Crippen LogP contribution is -2.31. The van der Waals surface area contributed by atoms with E-state index in [1.807, 2.05) is 0 Å². The standard InChI is InChI=1S/C19H20F3NO5/c1-10-7-12(26-9-19(20,21)22)8-11(2)13(10)14-15(27-17(23)25)18(28-16(14)24)5-3-4-6-18/h7-8H,3-6,9H2,1-2H3,(H2,23,25). The van der Waals surface area contributed by atoms with Gasteiger partial charge in [0.05, 0.1) is 0 Å². The van der Waals surface area contributed by atoms with E-state index in [1.54, 1.807) is 13.8 Å². The SMILES string of the molecule is Cc1cc(OCC(F)(F)F)cc(C)c1C1=C(OC(N)=O)C2(CCCC2)OC1=O. The van der Waals surface area contributed by atoms with Crippen molar-refractivity contribution >= 4 is 17.6 Å². The lowest BCUT2D eigenvalue weighted by molar-refractivity contribution is -0.153. The van der Waals surface area contributed by atoms with Crippen LogP contribution in [0.15, 0.2) is 17.9 Å². The number of rotatable bonds is 4. The van der Waals surface area contributed by atoms with Crippen LogP contribution in [0, 0.1) is 13.8 Å². The number of amides is 1. The van der Waals surface area contributed by atoms with Crippen molar-refractivity contribution in [2.45, 2.75) is 51.3 Å². The maximum atomic E-state index is 12.7. The van der Waals surface area contributed by atoms with Gasteiger partial charge in [0.25, 0.3) is 0 Å². The minimum absolute atomic E-state index is 0.0241. The van der Waals surface area contributed by atoms with Crippen LogP contribution < -0.4 is 10.5 Å². The fourth-order valence-corrected chi connectivity index (χ4v) is 3.90. The number of benzene rings is 1. The molecule has 152 valence electrons. The minimum atomic E-state index is -4.46. The average Bonchev–Trinajstić information content (AvgIpc) is 3.11. The first-order valence-electron chi connectivity index (χ1n) is 8.79. The third-order valence-corrected chi connectivity index (χ3v) is 4.91. The molecule has 0 saturated heterocycles. The van der Waals surface area contributed by atoms with Gasteiger partial charge in [-0.2, -0.15) is 13.2 Å². The number of hydrogen-bond acceptors (Lipinski definition) is 5. The molecule has 0 bridgehead atoms. The molecule has 1 saturated carbocycles. The molecule has 3 rings (SSSR count). The maximum absolute atomic E-state index is 12.7. The van der Waals surface area contributed by atoms with Crippen molar-refractivity contribution in [1.82, 2.24) is 0 Å². The molecule has 1 aliphatic heterocycles. The molecular formula is C19H20F3NO5. The van der Waals surface area contributed by atoms with Crippen molar-refractivity contribution in [2.75, 3.05) is 6.61 Å². The second-order valence-corrected chi connectivity index (χ2v) is 7.05. The zero-order valence-corrected chi connectivity index (χ0v) is 15.4. The van der Waals surface area contributed by atoms with Gasteiger partial charge in [0.1, 0.15) is 11.3 Å². The average molecular weight is 399 g/mol. The fourth-order valence-electron chi connectivity index (χ4n) is 3.90. The summed E-state index contributed by atoms with van der Waals surface area (Å²) < 4.78 is 52.8. The quantitative estimate of drug-likeness (QED) is 0.776. The van der Waals surface area contributed by atoms with Crippen LogP contribution >= 0.6 is 0 Å². The number of primary amides is 1. The molecule has 0 unspecified atom stereocenters. The predicted molar refractivity (Wildman–Crippen MR) is 92.3 cm³/mol. The summed E-state index contributed by atoms with van der Waals surface area (Å²) in [4.78, 5) is 24.1. The van der Waals surface area contributed by atoms with E-state index in [9.17, 15) is 22.8 Å². The van der Waals surface area contributed by atoms with Gasteiger partial charge in [-0.05, 0) is 68.4 Å². The molecular weight excluding hydrogens is 379 g/mol. The van der Waals surface area contributed by atoms with Crippen molar-refractivity contribution in [1.29, 1.82) is 0 Å². The monoisotopic (exact) mass is 399 g/mol. The molecule has 0 radical (unpaired) electrons. The Labute approximate surface area is 159 Å². The van der Waals surface area contributed by atoms with E-state index in [1.165, 1.54) is 12.1 Å². The Morgan fingerprint density at radius 1 is 1.21 bits per heavy atom. The van der Waals surface area contributed by atoms with E-state index < -0.39 is 30.4 Å². The summed E-state index contributed by atoms with van der Waals surface area (Å²) in [6.45, 7) is 1.84. The van der Waals surface area contributed by atoms with Gasteiger partial charge in [0.15, 0.2) is 18.0 Å². The Hall–Kier alpha value is -2.71. The molecule has 28 heavy (non-hydrogen) atoms. The summed E-state index contributed by atoms with van der Waals surface area (Å²) in [7, 11) is 0. The van der Waals surface area contributed by atoms with Gasteiger partial charge in [0, 0.05) is 0 Å². The van der Waals surface area contributed by atoms with Crippen molar-refractivity contribution < 1.29 is 37.0 Å². The molecule has 0 aromatic heterocycles. The number of hydrogen-bond donors (Lipinski definition) is 1. The van der Waals surface area contributed by atoms with Gasteiger partial charge in [-0.25, -0.2) is 9.59 Å². The first kappa shape index (κ1) is 20.0. The normalized spacial score (nSPS) is 18.5. The second kappa shape index (κ2) is 7.03. The molecule has 2 aliphatic rings. The Morgan fingerprint density at radius 2 is 1.79 bits per heavy atom. The van der Waals surface area contributed by atoms with Crippen molar-refractivity contribution in [2.24, 2.45) is 5.73 Å². The first-order valence-corrected chi connectivity index (χ1v) is 8.79. The maximum Gasteiger partial charge on any atom is 0.422 e. The molecule has 1 fully saturated rings. The highest BCUT2D eigenvalue weighted by Gasteiger charge is 2.52. The summed E-state index contributed by atoms with van der Waals surface area (Å²) in [5, 5.41) is 0. The zero-order chi connectivity index (χ0) is 20.7. The summed E-state index contributed by atoms with van der Waals surface area (Å²) in [5.74, 6) is -0.540. The van der Waals surface area contributed by atoms with Crippen LogP contribution in [0.1, 0.15) is 42.4 Å². The highest BCUT2D eigenvalue weighted by Crippen LogP contribution is 2.49. The number of carbonyl (C=O) groups excluding carboxylic acids is 2. The second-order valence-electron chi connectivity index (χ2n) is 7.05. The number of ether oxygens (including phenoxy) is 3. The summed E-state index contributed by atoms with van der Waals surface area (Å²) in [6.07, 6.45) is -2.90. The largest absolute Gasteiger partial charge is 0.484 e. The number of carbonyl (C=O) groups is 2. The van der Waals surface area contributed by atoms with Gasteiger partial charge in [-0.3, -0.25) is 0 Å². The van der Waals surface area contributed by atoms with E-state index in [2.05, 4.69) is 0 Å². The number of alkyl halides is 3. The third kappa shape index (κ3) is 3.79. The van der Waals surface area contributed by atoms with Crippen LogP contribution in [0.25, 0.3) is 5.57 Å². The van der Waals surface area contributed by atoms with Crippen LogP contribution in [0.4, 0.5) is 18.0 Å². The van der Waals surface area contributed by atoms with Crippen LogP contribution in [0.5, 0.6) is 5.75 Å². The topological polar surface area (TPSA) is 87.8 Å². The van der Waals surface area contributed by atoms with Crippen LogP contribution in [0.3, 0.4) is 0 Å². The van der Waals surface area contributed by atoms with E-state index in [-0.39, 0.29) is 17.1 Å². The van der Waals surface area contributed by atoms with Gasteiger partial charge < -0.3 is 19.9 Å². The van der Waals surface area contributed by atoms with Gasteiger partial charge >= 0.3 is 18.2 Å². The zero-order valence-electron chi connectivity index (χ0n) is 15.4. The predicted octanol–water partition coefficient (Wildman–Crippen LogP) is 3.92. The van der Waals surface area contributed by atoms with Crippen molar-refractivity contribution in [3.8, 4) is 5.75 Å². The molecule has 1 spiro atoms. The molecule has 1 aliphatic carbocycles. The van der Waals surface area contributed by atoms with E-state index in [4.69, 9.17) is 19.9 Å². The molecule has 1 aromatic rings. The summed E-state index contributed by atoms with van der Waals surface area (Å²) in [5.41, 5.74) is 5.68.